The summed E-state index contributed by atoms with van der Waals surface area (Å²) < 4.78 is 26.2. The number of hydrogen-bond donors (Lipinski definition) is 1. The Morgan fingerprint density at radius 1 is 1.38 bits per heavy atom. The Morgan fingerprint density at radius 2 is 1.95 bits per heavy atom. The van der Waals surface area contributed by atoms with Gasteiger partial charge in [-0.2, -0.15) is 4.31 Å². The lowest BCUT2D eigenvalue weighted by Crippen LogP contribution is -2.40. The smallest absolute Gasteiger partial charge is 0.275 e. The highest BCUT2D eigenvalue weighted by Gasteiger charge is 2.31. The second-order valence-corrected chi connectivity index (χ2v) is 7.29. The van der Waals surface area contributed by atoms with E-state index in [1.807, 2.05) is 0 Å². The van der Waals surface area contributed by atoms with Crippen molar-refractivity contribution in [2.24, 2.45) is 0 Å². The molecule has 1 heterocycles. The van der Waals surface area contributed by atoms with Crippen molar-refractivity contribution in [3.8, 4) is 0 Å². The van der Waals surface area contributed by atoms with Crippen LogP contribution in [0.15, 0.2) is 17.0 Å². The molecule has 1 saturated heterocycles. The fraction of sp³-hybridized carbons (Fsp3) is 0.500. The maximum Gasteiger partial charge on any atom is 0.275 e. The Labute approximate surface area is 127 Å². The number of aliphatic hydroxyl groups excluding tert-OH is 1. The number of nitro groups is 1. The van der Waals surface area contributed by atoms with Gasteiger partial charge >= 0.3 is 0 Å². The van der Waals surface area contributed by atoms with Gasteiger partial charge in [0, 0.05) is 24.7 Å². The van der Waals surface area contributed by atoms with E-state index in [1.165, 1.54) is 17.3 Å². The molecular formula is C12H15ClN2O5S. The van der Waals surface area contributed by atoms with Gasteiger partial charge in [0.05, 0.1) is 20.9 Å². The van der Waals surface area contributed by atoms with Crippen LogP contribution in [-0.4, -0.2) is 41.9 Å². The van der Waals surface area contributed by atoms with Crippen molar-refractivity contribution in [1.29, 1.82) is 0 Å². The topological polar surface area (TPSA) is 101 Å². The third-order valence-electron chi connectivity index (χ3n) is 3.55. The molecule has 7 nitrogen and oxygen atoms in total. The number of piperidine rings is 1. The van der Waals surface area contributed by atoms with Crippen molar-refractivity contribution in [3.05, 3.63) is 32.8 Å². The van der Waals surface area contributed by atoms with Crippen molar-refractivity contribution in [2.75, 3.05) is 13.1 Å². The van der Waals surface area contributed by atoms with Crippen molar-refractivity contribution in [1.82, 2.24) is 4.31 Å². The molecular weight excluding hydrogens is 320 g/mol. The van der Waals surface area contributed by atoms with Crippen LogP contribution in [0.3, 0.4) is 0 Å². The molecule has 0 aromatic heterocycles. The monoisotopic (exact) mass is 334 g/mol. The molecule has 1 aromatic carbocycles. The van der Waals surface area contributed by atoms with Crippen LogP contribution in [0.5, 0.6) is 0 Å². The molecule has 1 aliphatic heterocycles. The number of benzene rings is 1. The van der Waals surface area contributed by atoms with E-state index in [1.54, 1.807) is 0 Å². The first-order valence-corrected chi connectivity index (χ1v) is 8.18. The van der Waals surface area contributed by atoms with Gasteiger partial charge in [0.1, 0.15) is 0 Å². The van der Waals surface area contributed by atoms with E-state index in [0.717, 1.165) is 6.07 Å². The fourth-order valence-electron chi connectivity index (χ4n) is 2.21. The highest BCUT2D eigenvalue weighted by atomic mass is 35.5. The standard InChI is InChI=1S/C12H15ClN2O5S/c1-8-11(13)6-10(7-12(8)15(17)18)21(19,20)14-4-2-9(16)3-5-14/h6-7,9,16H,2-5H2,1H3. The summed E-state index contributed by atoms with van der Waals surface area (Å²) in [7, 11) is -3.85. The Bertz CT molecular complexity index is 668. The molecule has 1 aromatic rings. The molecule has 0 unspecified atom stereocenters. The molecule has 0 aliphatic carbocycles. The van der Waals surface area contributed by atoms with E-state index in [4.69, 9.17) is 11.6 Å². The van der Waals surface area contributed by atoms with Crippen LogP contribution in [-0.2, 0) is 10.0 Å². The first-order chi connectivity index (χ1) is 9.73. The van der Waals surface area contributed by atoms with Crippen LogP contribution >= 0.6 is 11.6 Å². The highest BCUT2D eigenvalue weighted by Crippen LogP contribution is 2.31. The minimum Gasteiger partial charge on any atom is -0.393 e. The van der Waals surface area contributed by atoms with E-state index in [9.17, 15) is 23.6 Å². The number of nitrogens with zero attached hydrogens (tertiary/aromatic N) is 2. The van der Waals surface area contributed by atoms with Crippen molar-refractivity contribution >= 4 is 27.3 Å². The molecule has 116 valence electrons. The molecule has 1 fully saturated rings. The molecule has 21 heavy (non-hydrogen) atoms. The number of rotatable bonds is 3. The number of nitro benzene ring substituents is 1. The summed E-state index contributed by atoms with van der Waals surface area (Å²) in [5, 5.41) is 20.4. The van der Waals surface area contributed by atoms with Crippen molar-refractivity contribution in [2.45, 2.75) is 30.8 Å². The van der Waals surface area contributed by atoms with E-state index >= 15 is 0 Å². The van der Waals surface area contributed by atoms with E-state index < -0.39 is 21.1 Å². The summed E-state index contributed by atoms with van der Waals surface area (Å²) in [6.07, 6.45) is 0.189. The molecule has 1 N–H and O–H groups in total. The Kier molecular flexibility index (Phi) is 4.52. The molecule has 0 radical (unpaired) electrons. The van der Waals surface area contributed by atoms with Crippen LogP contribution in [0.1, 0.15) is 18.4 Å². The van der Waals surface area contributed by atoms with Gasteiger partial charge in [-0.25, -0.2) is 8.42 Å². The lowest BCUT2D eigenvalue weighted by molar-refractivity contribution is -0.385. The van der Waals surface area contributed by atoms with Crippen LogP contribution in [0.25, 0.3) is 0 Å². The van der Waals surface area contributed by atoms with Gasteiger partial charge in [-0.3, -0.25) is 10.1 Å². The first-order valence-electron chi connectivity index (χ1n) is 6.36. The van der Waals surface area contributed by atoms with Crippen LogP contribution < -0.4 is 0 Å². The number of hydrogen-bond acceptors (Lipinski definition) is 5. The quantitative estimate of drug-likeness (QED) is 0.669. The maximum atomic E-state index is 12.5. The molecule has 0 amide bonds. The molecule has 0 atom stereocenters. The highest BCUT2D eigenvalue weighted by molar-refractivity contribution is 7.89. The third-order valence-corrected chi connectivity index (χ3v) is 5.82. The van der Waals surface area contributed by atoms with Gasteiger partial charge in [-0.1, -0.05) is 11.6 Å². The Hall–Kier alpha value is -1.22. The van der Waals surface area contributed by atoms with Crippen LogP contribution in [0.4, 0.5) is 5.69 Å². The molecule has 1 aliphatic rings. The largest absolute Gasteiger partial charge is 0.393 e. The van der Waals surface area contributed by atoms with E-state index in [0.29, 0.717) is 12.8 Å². The number of aliphatic hydroxyl groups is 1. The van der Waals surface area contributed by atoms with Crippen molar-refractivity contribution < 1.29 is 18.4 Å². The summed E-state index contributed by atoms with van der Waals surface area (Å²) in [6, 6.07) is 2.26. The molecule has 0 saturated carbocycles. The Balaban J connectivity index is 2.43. The Morgan fingerprint density at radius 3 is 2.48 bits per heavy atom. The van der Waals surface area contributed by atoms with Crippen LogP contribution in [0.2, 0.25) is 5.02 Å². The third kappa shape index (κ3) is 3.18. The minimum absolute atomic E-state index is 0.0415. The summed E-state index contributed by atoms with van der Waals surface area (Å²) in [5.74, 6) is 0. The van der Waals surface area contributed by atoms with E-state index in [-0.39, 0.29) is 34.3 Å². The second kappa shape index (κ2) is 5.88. The maximum absolute atomic E-state index is 12.5. The van der Waals surface area contributed by atoms with Gasteiger partial charge in [0.15, 0.2) is 0 Å². The van der Waals surface area contributed by atoms with Gasteiger partial charge in [0.2, 0.25) is 10.0 Å². The lowest BCUT2D eigenvalue weighted by Gasteiger charge is -2.28. The molecule has 9 heteroatoms. The molecule has 2 rings (SSSR count). The predicted molar refractivity (Wildman–Crippen MR) is 76.8 cm³/mol. The SMILES string of the molecule is Cc1c(Cl)cc(S(=O)(=O)N2CCC(O)CC2)cc1[N+](=O)[O-]. The summed E-state index contributed by atoms with van der Waals surface area (Å²) >= 11 is 5.90. The summed E-state index contributed by atoms with van der Waals surface area (Å²) in [6.45, 7) is 1.83. The summed E-state index contributed by atoms with van der Waals surface area (Å²) in [4.78, 5) is 10.1. The fourth-order valence-corrected chi connectivity index (χ4v) is 4.01. The second-order valence-electron chi connectivity index (χ2n) is 4.94. The lowest BCUT2D eigenvalue weighted by atomic mass is 10.1. The molecule has 0 spiro atoms. The average molecular weight is 335 g/mol. The van der Waals surface area contributed by atoms with Gasteiger partial charge in [-0.05, 0) is 25.8 Å². The zero-order valence-corrected chi connectivity index (χ0v) is 12.9. The number of halogens is 1. The zero-order chi connectivity index (χ0) is 15.8. The predicted octanol–water partition coefficient (Wildman–Crippen LogP) is 1.70. The zero-order valence-electron chi connectivity index (χ0n) is 11.3. The van der Waals surface area contributed by atoms with Gasteiger partial charge < -0.3 is 5.11 Å². The van der Waals surface area contributed by atoms with Crippen LogP contribution in [0, 0.1) is 17.0 Å². The van der Waals surface area contributed by atoms with Gasteiger partial charge in [0.25, 0.3) is 5.69 Å². The minimum atomic E-state index is -3.85. The molecule has 0 bridgehead atoms. The number of sulfonamides is 1. The normalized spacial score (nSPS) is 17.9. The summed E-state index contributed by atoms with van der Waals surface area (Å²) in [5.41, 5.74) is -0.0900. The van der Waals surface area contributed by atoms with Crippen molar-refractivity contribution in [3.63, 3.8) is 0 Å². The van der Waals surface area contributed by atoms with E-state index in [2.05, 4.69) is 0 Å². The van der Waals surface area contributed by atoms with Gasteiger partial charge in [-0.15, -0.1) is 0 Å². The first kappa shape index (κ1) is 16.2. The average Bonchev–Trinajstić information content (AvgIpc) is 2.41.